The molecule has 0 radical (unpaired) electrons. The second kappa shape index (κ2) is 9.93. The molecule has 0 aliphatic carbocycles. The standard InChI is InChI=1S/C28H33Cl2N5OS/c1-16(2)22-23(26(36)34-15-14-21(31)25(34)33(4)5)37-27-32-28(3,18-8-12-20(30)13-9-18)24(35(22)27)17-6-10-19(29)11-7-17/h6-13,16,21,24-25H,14-15,31H2,1-5H3/t21-,24-,25?,28+/m1/s1. The van der Waals surface area contributed by atoms with Gasteiger partial charge in [0.2, 0.25) is 0 Å². The van der Waals surface area contributed by atoms with Crippen LogP contribution in [0.1, 0.15) is 44.4 Å². The summed E-state index contributed by atoms with van der Waals surface area (Å²) >= 11 is 14.0. The smallest absolute Gasteiger partial charge is 0.263 e. The highest BCUT2D eigenvalue weighted by Crippen LogP contribution is 2.56. The minimum Gasteiger partial charge on any atom is -0.325 e. The number of carbonyl (C=O) groups excluding carboxylic acids is 1. The summed E-state index contributed by atoms with van der Waals surface area (Å²) in [7, 11) is 3.96. The molecule has 2 aromatic rings. The summed E-state index contributed by atoms with van der Waals surface area (Å²) in [4.78, 5) is 26.4. The molecular weight excluding hydrogens is 525 g/mol. The fourth-order valence-corrected chi connectivity index (χ4v) is 7.49. The third kappa shape index (κ3) is 4.49. The van der Waals surface area contributed by atoms with E-state index < -0.39 is 5.54 Å². The number of benzene rings is 2. The summed E-state index contributed by atoms with van der Waals surface area (Å²) in [6.45, 7) is 7.08. The van der Waals surface area contributed by atoms with Crippen molar-refractivity contribution < 1.29 is 4.79 Å². The Morgan fingerprint density at radius 1 is 1.11 bits per heavy atom. The first kappa shape index (κ1) is 26.6. The van der Waals surface area contributed by atoms with Crippen molar-refractivity contribution in [2.45, 2.75) is 51.0 Å². The maximum Gasteiger partial charge on any atom is 0.263 e. The summed E-state index contributed by atoms with van der Waals surface area (Å²) in [5.41, 5.74) is 8.97. The zero-order valence-corrected chi connectivity index (χ0v) is 24.1. The molecule has 196 valence electrons. The molecule has 4 atom stereocenters. The maximum atomic E-state index is 14.1. The lowest BCUT2D eigenvalue weighted by Crippen LogP contribution is -2.51. The molecule has 0 spiro atoms. The molecule has 1 saturated heterocycles. The summed E-state index contributed by atoms with van der Waals surface area (Å²) in [5.74, 6) is 0.135. The van der Waals surface area contributed by atoms with Crippen molar-refractivity contribution in [3.05, 3.63) is 80.3 Å². The van der Waals surface area contributed by atoms with E-state index in [4.69, 9.17) is 33.9 Å². The van der Waals surface area contributed by atoms with Crippen LogP contribution in [0.2, 0.25) is 10.0 Å². The van der Waals surface area contributed by atoms with Crippen LogP contribution in [0.25, 0.3) is 0 Å². The van der Waals surface area contributed by atoms with Crippen molar-refractivity contribution in [3.63, 3.8) is 0 Å². The van der Waals surface area contributed by atoms with E-state index >= 15 is 0 Å². The van der Waals surface area contributed by atoms with Crippen LogP contribution in [0.5, 0.6) is 0 Å². The molecule has 3 aliphatic heterocycles. The number of rotatable bonds is 5. The van der Waals surface area contributed by atoms with Gasteiger partial charge in [0.1, 0.15) is 10.4 Å². The minimum absolute atomic E-state index is 0.0282. The highest BCUT2D eigenvalue weighted by Gasteiger charge is 2.54. The predicted octanol–water partition coefficient (Wildman–Crippen LogP) is 5.68. The Bertz CT molecular complexity index is 1260. The van der Waals surface area contributed by atoms with Crippen LogP contribution in [-0.2, 0) is 10.3 Å². The molecule has 1 unspecified atom stereocenters. The second-order valence-corrected chi connectivity index (χ2v) is 12.5. The van der Waals surface area contributed by atoms with Crippen molar-refractivity contribution in [3.8, 4) is 0 Å². The van der Waals surface area contributed by atoms with Gasteiger partial charge in [-0.3, -0.25) is 9.69 Å². The number of allylic oxidation sites excluding steroid dienone is 1. The fraction of sp³-hybridized carbons (Fsp3) is 0.429. The quantitative estimate of drug-likeness (QED) is 0.512. The van der Waals surface area contributed by atoms with Crippen LogP contribution in [0, 0.1) is 5.92 Å². The number of hydrogen-bond donors (Lipinski definition) is 1. The molecule has 0 bridgehead atoms. The van der Waals surface area contributed by atoms with Crippen molar-refractivity contribution >= 4 is 46.0 Å². The van der Waals surface area contributed by atoms with Crippen LogP contribution in [0.15, 0.2) is 64.1 Å². The molecule has 5 rings (SSSR count). The van der Waals surface area contributed by atoms with E-state index in [1.54, 1.807) is 0 Å². The largest absolute Gasteiger partial charge is 0.325 e. The average molecular weight is 559 g/mol. The van der Waals surface area contributed by atoms with Gasteiger partial charge in [0, 0.05) is 28.3 Å². The first-order valence-corrected chi connectivity index (χ1v) is 14.2. The fourth-order valence-electron chi connectivity index (χ4n) is 5.88. The summed E-state index contributed by atoms with van der Waals surface area (Å²) in [6, 6.07) is 15.6. The number of likely N-dealkylation sites (tertiary alicyclic amines) is 1. The maximum absolute atomic E-state index is 14.1. The van der Waals surface area contributed by atoms with Crippen LogP contribution in [0.3, 0.4) is 0 Å². The van der Waals surface area contributed by atoms with Crippen molar-refractivity contribution in [1.29, 1.82) is 0 Å². The number of nitrogens with zero attached hydrogens (tertiary/aromatic N) is 4. The second-order valence-electron chi connectivity index (χ2n) is 10.7. The SMILES string of the molecule is CC(C)C1=C(C(=O)N2CC[C@@H](N)C2N(C)C)SC2=N[C@@](C)(c3ccc(Cl)cc3)[C@@H](c3ccc(Cl)cc3)N21. The highest BCUT2D eigenvalue weighted by atomic mass is 35.5. The Labute approximate surface area is 233 Å². The molecule has 1 amide bonds. The van der Waals surface area contributed by atoms with E-state index in [2.05, 4.69) is 37.8 Å². The van der Waals surface area contributed by atoms with Crippen LogP contribution >= 0.6 is 35.0 Å². The monoisotopic (exact) mass is 557 g/mol. The summed E-state index contributed by atoms with van der Waals surface area (Å²) in [6.07, 6.45) is 0.661. The van der Waals surface area contributed by atoms with Crippen LogP contribution in [0.4, 0.5) is 0 Å². The Balaban J connectivity index is 1.62. The number of aliphatic imine (C=N–C) groups is 1. The Hall–Kier alpha value is -2.03. The lowest BCUT2D eigenvalue weighted by atomic mass is 9.81. The average Bonchev–Trinajstić information content (AvgIpc) is 3.49. The predicted molar refractivity (Wildman–Crippen MR) is 154 cm³/mol. The van der Waals surface area contributed by atoms with E-state index in [1.807, 2.05) is 60.3 Å². The molecule has 2 aromatic carbocycles. The van der Waals surface area contributed by atoms with Gasteiger partial charge in [-0.05, 0) is 80.5 Å². The van der Waals surface area contributed by atoms with E-state index in [0.717, 1.165) is 33.3 Å². The van der Waals surface area contributed by atoms with Crippen molar-refractivity contribution in [1.82, 2.24) is 14.7 Å². The number of carbonyl (C=O) groups is 1. The number of thioether (sulfide) groups is 1. The molecule has 1 fully saturated rings. The van der Waals surface area contributed by atoms with Gasteiger partial charge in [0.05, 0.1) is 12.2 Å². The molecular formula is C28H33Cl2N5OS. The van der Waals surface area contributed by atoms with Gasteiger partial charge in [-0.25, -0.2) is 4.99 Å². The zero-order valence-electron chi connectivity index (χ0n) is 21.8. The number of nitrogens with two attached hydrogens (primary N) is 1. The third-order valence-corrected chi connectivity index (χ3v) is 9.12. The number of amidine groups is 1. The lowest BCUT2D eigenvalue weighted by molar-refractivity contribution is -0.130. The first-order valence-electron chi connectivity index (χ1n) is 12.6. The molecule has 9 heteroatoms. The van der Waals surface area contributed by atoms with Crippen molar-refractivity contribution in [2.75, 3.05) is 20.6 Å². The topological polar surface area (TPSA) is 65.2 Å². The van der Waals surface area contributed by atoms with Crippen LogP contribution < -0.4 is 5.73 Å². The summed E-state index contributed by atoms with van der Waals surface area (Å²) in [5, 5.41) is 2.21. The van der Waals surface area contributed by atoms with Gasteiger partial charge in [0.25, 0.3) is 5.91 Å². The van der Waals surface area contributed by atoms with Gasteiger partial charge >= 0.3 is 0 Å². The van der Waals surface area contributed by atoms with Crippen molar-refractivity contribution in [2.24, 2.45) is 16.6 Å². The molecule has 0 saturated carbocycles. The van der Waals surface area contributed by atoms with Gasteiger partial charge in [-0.15, -0.1) is 0 Å². The van der Waals surface area contributed by atoms with E-state index in [-0.39, 0.29) is 30.1 Å². The number of likely N-dealkylation sites (N-methyl/N-ethyl adjacent to an activating group) is 1. The van der Waals surface area contributed by atoms with Gasteiger partial charge in [-0.2, -0.15) is 0 Å². The molecule has 6 nitrogen and oxygen atoms in total. The van der Waals surface area contributed by atoms with E-state index in [9.17, 15) is 4.79 Å². The molecule has 37 heavy (non-hydrogen) atoms. The first-order chi connectivity index (χ1) is 17.5. The minimum atomic E-state index is -0.586. The molecule has 3 aliphatic rings. The number of halogens is 2. The molecule has 2 N–H and O–H groups in total. The Kier molecular flexibility index (Phi) is 7.13. The molecule has 0 aromatic heterocycles. The Morgan fingerprint density at radius 3 is 2.27 bits per heavy atom. The molecule has 3 heterocycles. The number of fused-ring (bicyclic) bond motifs is 1. The lowest BCUT2D eigenvalue weighted by Gasteiger charge is -2.37. The number of amides is 1. The Morgan fingerprint density at radius 2 is 1.70 bits per heavy atom. The van der Waals surface area contributed by atoms with E-state index in [1.165, 1.54) is 11.8 Å². The normalized spacial score (nSPS) is 27.5. The van der Waals surface area contributed by atoms with Gasteiger partial charge < -0.3 is 15.5 Å². The third-order valence-electron chi connectivity index (χ3n) is 7.56. The highest BCUT2D eigenvalue weighted by molar-refractivity contribution is 8.18. The number of hydrogen-bond acceptors (Lipinski definition) is 6. The zero-order chi connectivity index (χ0) is 26.6. The van der Waals surface area contributed by atoms with Gasteiger partial charge in [0.15, 0.2) is 5.17 Å². The van der Waals surface area contributed by atoms with Crippen LogP contribution in [-0.4, -0.2) is 58.6 Å². The van der Waals surface area contributed by atoms with Gasteiger partial charge in [-0.1, -0.05) is 61.3 Å². The summed E-state index contributed by atoms with van der Waals surface area (Å²) < 4.78 is 0. The van der Waals surface area contributed by atoms with E-state index in [0.29, 0.717) is 16.6 Å².